The number of amidine groups is 1. The largest absolute Gasteiger partial charge is 0.458 e. The number of thioether (sulfide) groups is 1. The molecule has 2 aromatic rings. The van der Waals surface area contributed by atoms with E-state index in [9.17, 15) is 22.0 Å². The third kappa shape index (κ3) is 3.76. The van der Waals surface area contributed by atoms with Gasteiger partial charge in [0, 0.05) is 30.9 Å². The lowest BCUT2D eigenvalue weighted by Crippen LogP contribution is -2.48. The molecule has 12 heteroatoms. The number of hydrogen-bond acceptors (Lipinski definition) is 7. The van der Waals surface area contributed by atoms with Crippen LogP contribution >= 0.6 is 23.1 Å². The molecule has 0 aliphatic carbocycles. The smallest absolute Gasteiger partial charge is 0.352 e. The Hall–Kier alpha value is -1.69. The molecule has 1 saturated heterocycles. The molecule has 2 aliphatic rings. The van der Waals surface area contributed by atoms with E-state index in [1.807, 2.05) is 4.90 Å². The van der Waals surface area contributed by atoms with Crippen LogP contribution in [0.2, 0.25) is 0 Å². The van der Waals surface area contributed by atoms with E-state index in [1.165, 1.54) is 6.33 Å². The topological polar surface area (TPSA) is 44.6 Å². The molecule has 0 amide bonds. The van der Waals surface area contributed by atoms with Gasteiger partial charge in [0.1, 0.15) is 17.0 Å². The molecule has 4 rings (SSSR count). The number of anilines is 1. The molecule has 0 saturated carbocycles. The van der Waals surface area contributed by atoms with Crippen LogP contribution in [0.15, 0.2) is 17.4 Å². The van der Waals surface area contributed by atoms with Crippen molar-refractivity contribution in [3.05, 3.63) is 17.3 Å². The first kappa shape index (κ1) is 20.6. The van der Waals surface area contributed by atoms with Crippen LogP contribution < -0.4 is 4.90 Å². The second-order valence-electron chi connectivity index (χ2n) is 7.53. The van der Waals surface area contributed by atoms with Crippen molar-refractivity contribution in [3.8, 4) is 0 Å². The number of fused-ring (bicyclic) bond motifs is 1. The molecule has 158 valence electrons. The number of aromatic nitrogens is 2. The van der Waals surface area contributed by atoms with Gasteiger partial charge in [-0.1, -0.05) is 11.8 Å². The van der Waals surface area contributed by atoms with E-state index in [0.29, 0.717) is 43.3 Å². The van der Waals surface area contributed by atoms with Crippen molar-refractivity contribution >= 4 is 44.3 Å². The van der Waals surface area contributed by atoms with Crippen molar-refractivity contribution in [2.75, 3.05) is 37.6 Å². The Kier molecular flexibility index (Phi) is 4.92. The van der Waals surface area contributed by atoms with Gasteiger partial charge in [-0.15, -0.1) is 11.3 Å². The highest BCUT2D eigenvalue weighted by atomic mass is 32.2. The van der Waals surface area contributed by atoms with E-state index < -0.39 is 17.0 Å². The van der Waals surface area contributed by atoms with Gasteiger partial charge in [-0.3, -0.25) is 4.99 Å². The SMILES string of the molecule is CC1(C)CN=C(N2CCN(c3ncnc4sc(C(F)(F)C(F)(F)F)cc34)CC2)S1. The lowest BCUT2D eigenvalue weighted by molar-refractivity contribution is -0.287. The molecule has 5 nitrogen and oxygen atoms in total. The minimum atomic E-state index is -5.65. The number of rotatable bonds is 2. The van der Waals surface area contributed by atoms with E-state index in [-0.39, 0.29) is 15.0 Å². The summed E-state index contributed by atoms with van der Waals surface area (Å²) in [5, 5.41) is 1.21. The lowest BCUT2D eigenvalue weighted by Gasteiger charge is -2.36. The van der Waals surface area contributed by atoms with Crippen molar-refractivity contribution in [3.63, 3.8) is 0 Å². The van der Waals surface area contributed by atoms with Gasteiger partial charge in [0.15, 0.2) is 5.17 Å². The van der Waals surface area contributed by atoms with Gasteiger partial charge >= 0.3 is 12.1 Å². The molecule has 0 bridgehead atoms. The van der Waals surface area contributed by atoms with Gasteiger partial charge in [-0.25, -0.2) is 9.97 Å². The fourth-order valence-electron chi connectivity index (χ4n) is 3.23. The molecule has 0 radical (unpaired) electrons. The second-order valence-corrected chi connectivity index (χ2v) is 10.2. The number of alkyl halides is 5. The molecule has 0 aromatic carbocycles. The van der Waals surface area contributed by atoms with E-state index in [1.54, 1.807) is 11.8 Å². The molecule has 0 unspecified atom stereocenters. The highest BCUT2D eigenvalue weighted by molar-refractivity contribution is 8.15. The van der Waals surface area contributed by atoms with Crippen molar-refractivity contribution in [2.24, 2.45) is 4.99 Å². The number of halogens is 5. The maximum absolute atomic E-state index is 13.8. The van der Waals surface area contributed by atoms with Crippen LogP contribution in [-0.2, 0) is 5.92 Å². The van der Waals surface area contributed by atoms with Gasteiger partial charge in [-0.2, -0.15) is 22.0 Å². The molecule has 2 aromatic heterocycles. The summed E-state index contributed by atoms with van der Waals surface area (Å²) < 4.78 is 65.8. The minimum absolute atomic E-state index is 0.0715. The number of thiophene rings is 1. The van der Waals surface area contributed by atoms with Crippen LogP contribution in [0, 0.1) is 0 Å². The van der Waals surface area contributed by atoms with Gasteiger partial charge in [0.05, 0.1) is 16.8 Å². The predicted octanol–water partition coefficient (Wildman–Crippen LogP) is 4.35. The first-order valence-electron chi connectivity index (χ1n) is 8.91. The monoisotopic (exact) mass is 451 g/mol. The standard InChI is InChI=1S/C17H18F5N5S2/c1-15(2)8-23-14(29-15)27-5-3-26(4-6-27)12-10-7-11(16(18,19)17(20,21)22)28-13(10)25-9-24-12/h7,9H,3-6,8H2,1-2H3. The zero-order chi connectivity index (χ0) is 21.0. The fourth-order valence-corrected chi connectivity index (χ4v) is 5.29. The van der Waals surface area contributed by atoms with Crippen LogP contribution in [0.5, 0.6) is 0 Å². The first-order valence-corrected chi connectivity index (χ1v) is 10.5. The summed E-state index contributed by atoms with van der Waals surface area (Å²) in [7, 11) is 0. The fraction of sp³-hybridized carbons (Fsp3) is 0.588. The van der Waals surface area contributed by atoms with Crippen LogP contribution in [0.3, 0.4) is 0 Å². The summed E-state index contributed by atoms with van der Waals surface area (Å²) in [4.78, 5) is 15.8. The highest BCUT2D eigenvalue weighted by Crippen LogP contribution is 2.48. The molecule has 1 fully saturated rings. The Morgan fingerprint density at radius 1 is 1.00 bits per heavy atom. The van der Waals surface area contributed by atoms with E-state index in [0.717, 1.165) is 17.8 Å². The Bertz CT molecular complexity index is 947. The summed E-state index contributed by atoms with van der Waals surface area (Å²) >= 11 is 2.08. The Morgan fingerprint density at radius 2 is 1.66 bits per heavy atom. The molecule has 0 N–H and O–H groups in total. The first-order chi connectivity index (χ1) is 13.5. The lowest BCUT2D eigenvalue weighted by atomic mass is 10.2. The number of piperazine rings is 1. The summed E-state index contributed by atoms with van der Waals surface area (Å²) in [5.74, 6) is -4.53. The Balaban J connectivity index is 1.55. The quantitative estimate of drug-likeness (QED) is 0.636. The maximum atomic E-state index is 13.8. The van der Waals surface area contributed by atoms with Crippen molar-refractivity contribution < 1.29 is 22.0 Å². The zero-order valence-corrected chi connectivity index (χ0v) is 17.3. The highest BCUT2D eigenvalue weighted by Gasteiger charge is 2.59. The molecule has 2 aliphatic heterocycles. The normalized spacial score (nSPS) is 20.4. The van der Waals surface area contributed by atoms with Gasteiger partial charge < -0.3 is 9.80 Å². The maximum Gasteiger partial charge on any atom is 0.458 e. The number of nitrogens with zero attached hydrogens (tertiary/aromatic N) is 5. The van der Waals surface area contributed by atoms with Crippen LogP contribution in [0.4, 0.5) is 27.8 Å². The Labute approximate surface area is 172 Å². The third-order valence-electron chi connectivity index (χ3n) is 4.79. The molecule has 0 atom stereocenters. The molecule has 29 heavy (non-hydrogen) atoms. The predicted molar refractivity (Wildman–Crippen MR) is 105 cm³/mol. The van der Waals surface area contributed by atoms with Crippen molar-refractivity contribution in [1.29, 1.82) is 0 Å². The average Bonchev–Trinajstić information content (AvgIpc) is 3.24. The summed E-state index contributed by atoms with van der Waals surface area (Å²) in [6, 6.07) is 0.870. The molecular formula is C17H18F5N5S2. The van der Waals surface area contributed by atoms with Gasteiger partial charge in [0.2, 0.25) is 0 Å². The number of aliphatic imine (C=N–C) groups is 1. The van der Waals surface area contributed by atoms with Crippen LogP contribution in [-0.4, -0.2) is 63.7 Å². The summed E-state index contributed by atoms with van der Waals surface area (Å²) in [6.45, 7) is 7.48. The van der Waals surface area contributed by atoms with E-state index in [4.69, 9.17) is 0 Å². The molecular weight excluding hydrogens is 433 g/mol. The second kappa shape index (κ2) is 6.93. The van der Waals surface area contributed by atoms with Gasteiger partial charge in [-0.05, 0) is 19.9 Å². The molecule has 4 heterocycles. The summed E-state index contributed by atoms with van der Waals surface area (Å²) in [6.07, 6.45) is -4.45. The zero-order valence-electron chi connectivity index (χ0n) is 15.6. The number of hydrogen-bond donors (Lipinski definition) is 0. The van der Waals surface area contributed by atoms with E-state index in [2.05, 4.69) is 33.7 Å². The van der Waals surface area contributed by atoms with Crippen LogP contribution in [0.25, 0.3) is 10.2 Å². The van der Waals surface area contributed by atoms with Crippen molar-refractivity contribution in [1.82, 2.24) is 14.9 Å². The minimum Gasteiger partial charge on any atom is -0.352 e. The van der Waals surface area contributed by atoms with Gasteiger partial charge in [0.25, 0.3) is 0 Å². The third-order valence-corrected chi connectivity index (χ3v) is 7.15. The average molecular weight is 451 g/mol. The Morgan fingerprint density at radius 3 is 2.24 bits per heavy atom. The van der Waals surface area contributed by atoms with Crippen LogP contribution in [0.1, 0.15) is 18.7 Å². The van der Waals surface area contributed by atoms with Crippen molar-refractivity contribution in [2.45, 2.75) is 30.7 Å². The molecule has 0 spiro atoms. The summed E-state index contributed by atoms with van der Waals surface area (Å²) in [5.41, 5.74) is 0. The van der Waals surface area contributed by atoms with E-state index >= 15 is 0 Å².